The molecule has 4 heteroatoms. The molecule has 2 atom stereocenters. The van der Waals surface area contributed by atoms with Gasteiger partial charge in [-0.3, -0.25) is 14.7 Å². The smallest absolute Gasteiger partial charge is 0.234 e. The Bertz CT molecular complexity index is 352. The summed E-state index contributed by atoms with van der Waals surface area (Å²) in [6.45, 7) is 0. The first kappa shape index (κ1) is 10.1. The van der Waals surface area contributed by atoms with E-state index in [1.807, 2.05) is 30.3 Å². The first-order chi connectivity index (χ1) is 7.20. The molecule has 80 valence electrons. The van der Waals surface area contributed by atoms with Crippen LogP contribution in [0.2, 0.25) is 0 Å². The zero-order valence-corrected chi connectivity index (χ0v) is 8.76. The van der Waals surface area contributed by atoms with E-state index >= 15 is 0 Å². The van der Waals surface area contributed by atoms with Crippen LogP contribution in [0.5, 0.6) is 0 Å². The Morgan fingerprint density at radius 2 is 2.40 bits per heavy atom. The van der Waals surface area contributed by atoms with Gasteiger partial charge in [0.25, 0.3) is 0 Å². The van der Waals surface area contributed by atoms with E-state index in [2.05, 4.69) is 4.98 Å². The van der Waals surface area contributed by atoms with Crippen molar-refractivity contribution in [2.24, 2.45) is 5.73 Å². The maximum Gasteiger partial charge on any atom is 0.234 e. The number of hydrogen-bond acceptors (Lipinski definition) is 3. The quantitative estimate of drug-likeness (QED) is 0.773. The molecule has 1 aromatic rings. The summed E-state index contributed by atoms with van der Waals surface area (Å²) in [5, 5.41) is 0. The number of aromatic nitrogens is 1. The third-order valence-electron chi connectivity index (χ3n) is 3.09. The molecule has 0 spiro atoms. The van der Waals surface area contributed by atoms with E-state index in [0.717, 1.165) is 18.4 Å². The van der Waals surface area contributed by atoms with Crippen LogP contribution in [0.15, 0.2) is 24.5 Å². The molecule has 0 radical (unpaired) electrons. The van der Waals surface area contributed by atoms with Gasteiger partial charge in [-0.05, 0) is 31.5 Å². The monoisotopic (exact) mass is 205 g/mol. The fraction of sp³-hybridized carbons (Fsp3) is 0.455. The van der Waals surface area contributed by atoms with E-state index in [0.29, 0.717) is 0 Å². The Balaban J connectivity index is 2.17. The Morgan fingerprint density at radius 1 is 1.60 bits per heavy atom. The number of pyridine rings is 1. The van der Waals surface area contributed by atoms with Crippen LogP contribution in [0.25, 0.3) is 0 Å². The molecular formula is C11H15N3O. The van der Waals surface area contributed by atoms with Gasteiger partial charge in [-0.15, -0.1) is 0 Å². The third-order valence-corrected chi connectivity index (χ3v) is 3.09. The van der Waals surface area contributed by atoms with Crippen LogP contribution >= 0.6 is 0 Å². The molecule has 0 saturated carbocycles. The molecule has 0 aliphatic carbocycles. The van der Waals surface area contributed by atoms with Gasteiger partial charge in [0, 0.05) is 18.4 Å². The van der Waals surface area contributed by atoms with Crippen molar-refractivity contribution in [2.45, 2.75) is 24.9 Å². The summed E-state index contributed by atoms with van der Waals surface area (Å²) in [6, 6.07) is 4.10. The summed E-state index contributed by atoms with van der Waals surface area (Å²) in [5.41, 5.74) is 6.49. The SMILES string of the molecule is CN1[C@@H](c2cccnc2)CC[C@H]1C(N)=O. The molecule has 1 saturated heterocycles. The van der Waals surface area contributed by atoms with Gasteiger partial charge in [0.15, 0.2) is 0 Å². The number of carbonyl (C=O) groups excluding carboxylic acids is 1. The van der Waals surface area contributed by atoms with E-state index in [4.69, 9.17) is 5.73 Å². The van der Waals surface area contributed by atoms with Crippen molar-refractivity contribution >= 4 is 5.91 Å². The van der Waals surface area contributed by atoms with E-state index < -0.39 is 0 Å². The Morgan fingerprint density at radius 3 is 2.93 bits per heavy atom. The number of rotatable bonds is 2. The zero-order valence-electron chi connectivity index (χ0n) is 8.76. The molecule has 1 aliphatic heterocycles. The van der Waals surface area contributed by atoms with Gasteiger partial charge in [-0.25, -0.2) is 0 Å². The fourth-order valence-corrected chi connectivity index (χ4v) is 2.26. The van der Waals surface area contributed by atoms with Crippen molar-refractivity contribution in [3.8, 4) is 0 Å². The highest BCUT2D eigenvalue weighted by Gasteiger charge is 2.34. The predicted octanol–water partition coefficient (Wildman–Crippen LogP) is 0.702. The van der Waals surface area contributed by atoms with Crippen molar-refractivity contribution in [1.82, 2.24) is 9.88 Å². The minimum absolute atomic E-state index is 0.129. The number of likely N-dealkylation sites (N-methyl/N-ethyl adjacent to an activating group) is 1. The van der Waals surface area contributed by atoms with E-state index in [-0.39, 0.29) is 18.0 Å². The molecule has 1 amide bonds. The number of nitrogens with two attached hydrogens (primary N) is 1. The normalized spacial score (nSPS) is 26.7. The van der Waals surface area contributed by atoms with Crippen LogP contribution in [0.4, 0.5) is 0 Å². The highest BCUT2D eigenvalue weighted by Crippen LogP contribution is 2.33. The Kier molecular flexibility index (Phi) is 2.68. The van der Waals surface area contributed by atoms with Gasteiger partial charge in [0.1, 0.15) is 0 Å². The highest BCUT2D eigenvalue weighted by molar-refractivity contribution is 5.80. The summed E-state index contributed by atoms with van der Waals surface area (Å²) in [6.07, 6.45) is 5.41. The average molecular weight is 205 g/mol. The topological polar surface area (TPSA) is 59.2 Å². The lowest BCUT2D eigenvalue weighted by Gasteiger charge is -2.23. The lowest BCUT2D eigenvalue weighted by Crippen LogP contribution is -2.38. The first-order valence-electron chi connectivity index (χ1n) is 5.11. The van der Waals surface area contributed by atoms with Crippen molar-refractivity contribution in [3.63, 3.8) is 0 Å². The third kappa shape index (κ3) is 1.85. The molecule has 1 aliphatic rings. The van der Waals surface area contributed by atoms with Crippen LogP contribution in [0.3, 0.4) is 0 Å². The fourth-order valence-electron chi connectivity index (χ4n) is 2.26. The van der Waals surface area contributed by atoms with Crippen molar-refractivity contribution < 1.29 is 4.79 Å². The average Bonchev–Trinajstić information content (AvgIpc) is 2.61. The van der Waals surface area contributed by atoms with Gasteiger partial charge >= 0.3 is 0 Å². The van der Waals surface area contributed by atoms with E-state index in [9.17, 15) is 4.79 Å². The molecular weight excluding hydrogens is 190 g/mol. The summed E-state index contributed by atoms with van der Waals surface area (Å²) in [7, 11) is 1.94. The summed E-state index contributed by atoms with van der Waals surface area (Å²) in [4.78, 5) is 17.3. The number of primary amides is 1. The molecule has 0 unspecified atom stereocenters. The zero-order chi connectivity index (χ0) is 10.8. The number of carbonyl (C=O) groups is 1. The minimum Gasteiger partial charge on any atom is -0.368 e. The highest BCUT2D eigenvalue weighted by atomic mass is 16.1. The maximum absolute atomic E-state index is 11.2. The molecule has 0 bridgehead atoms. The number of amides is 1. The minimum atomic E-state index is -0.233. The van der Waals surface area contributed by atoms with Gasteiger partial charge in [0.2, 0.25) is 5.91 Å². The van der Waals surface area contributed by atoms with Crippen LogP contribution < -0.4 is 5.73 Å². The van der Waals surface area contributed by atoms with Crippen LogP contribution in [0, 0.1) is 0 Å². The number of nitrogens with zero attached hydrogens (tertiary/aromatic N) is 2. The summed E-state index contributed by atoms with van der Waals surface area (Å²) < 4.78 is 0. The molecule has 15 heavy (non-hydrogen) atoms. The van der Waals surface area contributed by atoms with Gasteiger partial charge in [0.05, 0.1) is 6.04 Å². The standard InChI is InChI=1S/C11H15N3O/c1-14-9(4-5-10(14)11(12)15)8-3-2-6-13-7-8/h2-3,6-7,9-10H,4-5H2,1H3,(H2,12,15)/t9-,10+/m1/s1. The van der Waals surface area contributed by atoms with Crippen molar-refractivity contribution in [2.75, 3.05) is 7.05 Å². The van der Waals surface area contributed by atoms with Gasteiger partial charge < -0.3 is 5.73 Å². The largest absolute Gasteiger partial charge is 0.368 e. The molecule has 4 nitrogen and oxygen atoms in total. The van der Waals surface area contributed by atoms with Crippen LogP contribution in [0.1, 0.15) is 24.4 Å². The van der Waals surface area contributed by atoms with Crippen LogP contribution in [-0.2, 0) is 4.79 Å². The molecule has 1 aromatic heterocycles. The lowest BCUT2D eigenvalue weighted by atomic mass is 10.1. The molecule has 2 heterocycles. The Labute approximate surface area is 89.1 Å². The summed E-state index contributed by atoms with van der Waals surface area (Å²) in [5.74, 6) is -0.233. The lowest BCUT2D eigenvalue weighted by molar-refractivity contribution is -0.122. The molecule has 1 fully saturated rings. The first-order valence-corrected chi connectivity index (χ1v) is 5.11. The van der Waals surface area contributed by atoms with Crippen molar-refractivity contribution in [3.05, 3.63) is 30.1 Å². The Hall–Kier alpha value is -1.42. The second-order valence-corrected chi connectivity index (χ2v) is 3.96. The molecule has 0 aromatic carbocycles. The molecule has 2 rings (SSSR count). The predicted molar refractivity (Wildman–Crippen MR) is 57.0 cm³/mol. The number of hydrogen-bond donors (Lipinski definition) is 1. The van der Waals surface area contributed by atoms with Gasteiger partial charge in [-0.2, -0.15) is 0 Å². The second-order valence-electron chi connectivity index (χ2n) is 3.96. The second kappa shape index (κ2) is 3.98. The van der Waals surface area contributed by atoms with Gasteiger partial charge in [-0.1, -0.05) is 6.07 Å². The van der Waals surface area contributed by atoms with Crippen molar-refractivity contribution in [1.29, 1.82) is 0 Å². The maximum atomic E-state index is 11.2. The van der Waals surface area contributed by atoms with E-state index in [1.165, 1.54) is 0 Å². The van der Waals surface area contributed by atoms with E-state index in [1.54, 1.807) is 6.20 Å². The number of likely N-dealkylation sites (tertiary alicyclic amines) is 1. The van der Waals surface area contributed by atoms with Crippen LogP contribution in [-0.4, -0.2) is 28.9 Å². The summed E-state index contributed by atoms with van der Waals surface area (Å²) >= 11 is 0. The molecule has 2 N–H and O–H groups in total.